The molecule has 0 radical (unpaired) electrons. The van der Waals surface area contributed by atoms with Gasteiger partial charge < -0.3 is 15.2 Å². The molecule has 2 heterocycles. The number of likely N-dealkylation sites (tertiary alicyclic amines) is 1. The molecule has 1 aromatic rings. The summed E-state index contributed by atoms with van der Waals surface area (Å²) in [5.41, 5.74) is 0.357. The molecular weight excluding hydrogens is 324 g/mol. The van der Waals surface area contributed by atoms with Crippen LogP contribution >= 0.6 is 0 Å². The lowest BCUT2D eigenvalue weighted by molar-refractivity contribution is -0.735. The number of quaternary nitrogens is 1. The predicted octanol–water partition coefficient (Wildman–Crippen LogP) is -0.862. The Morgan fingerprint density at radius 2 is 2.00 bits per heavy atom. The maximum Gasteiger partial charge on any atom is 0.371 e. The summed E-state index contributed by atoms with van der Waals surface area (Å²) in [6.07, 6.45) is 0. The topological polar surface area (TPSA) is 101 Å². The summed E-state index contributed by atoms with van der Waals surface area (Å²) in [4.78, 5) is 39.4. The number of benzene rings is 1. The van der Waals surface area contributed by atoms with Gasteiger partial charge in [0.15, 0.2) is 0 Å². The van der Waals surface area contributed by atoms with Crippen molar-refractivity contribution in [2.24, 2.45) is 11.8 Å². The molecule has 2 amide bonds. The van der Waals surface area contributed by atoms with Gasteiger partial charge in [0.25, 0.3) is 0 Å². The van der Waals surface area contributed by atoms with E-state index in [9.17, 15) is 19.5 Å². The first-order valence-electron chi connectivity index (χ1n) is 8.39. The molecule has 0 unspecified atom stereocenters. The number of aliphatic hydroxyl groups is 1. The molecule has 1 aromatic carbocycles. The van der Waals surface area contributed by atoms with Gasteiger partial charge in [0, 0.05) is 12.1 Å². The van der Waals surface area contributed by atoms with Crippen LogP contribution in [-0.2, 0) is 19.1 Å². The number of nitrogens with zero attached hydrogens (tertiary/aromatic N) is 1. The maximum atomic E-state index is 12.9. The number of carbonyl (C=O) groups excluding carboxylic acids is 3. The van der Waals surface area contributed by atoms with Crippen molar-refractivity contribution in [2.75, 3.05) is 20.3 Å². The minimum atomic E-state index is -1.50. The first-order chi connectivity index (χ1) is 11.9. The number of aryl methyl sites for hydroxylation is 1. The van der Waals surface area contributed by atoms with Crippen molar-refractivity contribution in [3.63, 3.8) is 0 Å². The molecule has 0 bridgehead atoms. The summed E-state index contributed by atoms with van der Waals surface area (Å²) < 4.78 is 4.89. The minimum Gasteiger partial charge on any atom is -0.464 e. The maximum absolute atomic E-state index is 12.9. The van der Waals surface area contributed by atoms with Crippen molar-refractivity contribution in [1.29, 1.82) is 0 Å². The first kappa shape index (κ1) is 17.6. The highest BCUT2D eigenvalue weighted by Gasteiger charge is 2.72. The highest BCUT2D eigenvalue weighted by Crippen LogP contribution is 2.44. The van der Waals surface area contributed by atoms with E-state index in [-0.39, 0.29) is 12.5 Å². The molecule has 3 N–H and O–H groups in total. The molecule has 0 saturated carbocycles. The van der Waals surface area contributed by atoms with Crippen LogP contribution in [0.5, 0.6) is 0 Å². The van der Waals surface area contributed by atoms with E-state index in [1.165, 1.54) is 12.0 Å². The molecule has 25 heavy (non-hydrogen) atoms. The number of esters is 1. The smallest absolute Gasteiger partial charge is 0.371 e. The van der Waals surface area contributed by atoms with E-state index in [4.69, 9.17) is 4.74 Å². The number of rotatable bonds is 4. The lowest BCUT2D eigenvalue weighted by Crippen LogP contribution is -2.99. The molecule has 7 nitrogen and oxygen atoms in total. The lowest BCUT2D eigenvalue weighted by Gasteiger charge is -2.27. The van der Waals surface area contributed by atoms with Crippen molar-refractivity contribution >= 4 is 17.8 Å². The Hall–Kier alpha value is -2.25. The van der Waals surface area contributed by atoms with Crippen molar-refractivity contribution in [3.8, 4) is 0 Å². The molecule has 3 rings (SSSR count). The van der Waals surface area contributed by atoms with E-state index in [1.807, 2.05) is 31.2 Å². The highest BCUT2D eigenvalue weighted by atomic mass is 16.5. The zero-order valence-corrected chi connectivity index (χ0v) is 14.6. The lowest BCUT2D eigenvalue weighted by atomic mass is 9.79. The zero-order valence-electron chi connectivity index (χ0n) is 14.6. The number of amides is 2. The normalized spacial score (nSPS) is 31.4. The second-order valence-corrected chi connectivity index (χ2v) is 6.66. The molecule has 7 heteroatoms. The van der Waals surface area contributed by atoms with Crippen LogP contribution in [0.15, 0.2) is 24.3 Å². The average molecular weight is 347 g/mol. The Kier molecular flexibility index (Phi) is 4.38. The van der Waals surface area contributed by atoms with Gasteiger partial charge in [0.1, 0.15) is 24.5 Å². The molecule has 0 spiro atoms. The Labute approximate surface area is 146 Å². The van der Waals surface area contributed by atoms with E-state index < -0.39 is 41.9 Å². The van der Waals surface area contributed by atoms with Crippen LogP contribution < -0.4 is 5.32 Å². The molecule has 4 atom stereocenters. The third-order valence-electron chi connectivity index (χ3n) is 5.55. The first-order valence-corrected chi connectivity index (χ1v) is 8.39. The monoisotopic (exact) mass is 347 g/mol. The summed E-state index contributed by atoms with van der Waals surface area (Å²) in [7, 11) is 1.22. The SMILES string of the molecule is CCN1C(=O)[C@@H]2[C@@H](C1=O)[C@](CO)(C(=O)OC)[NH2+][C@H]2c1ccccc1C. The summed E-state index contributed by atoms with van der Waals surface area (Å²) in [5.74, 6) is -3.01. The minimum absolute atomic E-state index is 0.244. The highest BCUT2D eigenvalue weighted by molar-refractivity contribution is 6.08. The molecular formula is C18H23N2O5+. The van der Waals surface area contributed by atoms with E-state index in [0.29, 0.717) is 0 Å². The molecule has 0 aromatic heterocycles. The van der Waals surface area contributed by atoms with Crippen LogP contribution in [-0.4, -0.2) is 53.6 Å². The average Bonchev–Trinajstić information content (AvgIpc) is 3.09. The fourth-order valence-corrected chi connectivity index (χ4v) is 4.34. The van der Waals surface area contributed by atoms with Gasteiger partial charge in [0.2, 0.25) is 17.4 Å². The van der Waals surface area contributed by atoms with Crippen LogP contribution in [0.2, 0.25) is 0 Å². The number of ether oxygens (including phenoxy) is 1. The van der Waals surface area contributed by atoms with E-state index in [1.54, 1.807) is 12.2 Å². The fraction of sp³-hybridized carbons (Fsp3) is 0.500. The number of aliphatic hydroxyl groups excluding tert-OH is 1. The van der Waals surface area contributed by atoms with Crippen molar-refractivity contribution in [1.82, 2.24) is 4.90 Å². The van der Waals surface area contributed by atoms with Gasteiger partial charge in [-0.3, -0.25) is 14.5 Å². The number of nitrogens with two attached hydrogens (primary N) is 1. The van der Waals surface area contributed by atoms with Gasteiger partial charge in [-0.25, -0.2) is 4.79 Å². The quantitative estimate of drug-likeness (QED) is 0.545. The summed E-state index contributed by atoms with van der Waals surface area (Å²) in [6, 6.07) is 7.15. The second-order valence-electron chi connectivity index (χ2n) is 6.66. The van der Waals surface area contributed by atoms with Crippen molar-refractivity contribution in [3.05, 3.63) is 35.4 Å². The Morgan fingerprint density at radius 1 is 1.32 bits per heavy atom. The number of hydrogen-bond donors (Lipinski definition) is 2. The number of imide groups is 1. The van der Waals surface area contributed by atoms with Gasteiger partial charge in [0.05, 0.1) is 7.11 Å². The van der Waals surface area contributed by atoms with E-state index in [2.05, 4.69) is 0 Å². The molecule has 0 aliphatic carbocycles. The zero-order chi connectivity index (χ0) is 18.4. The number of fused-ring (bicyclic) bond motifs is 1. The Morgan fingerprint density at radius 3 is 2.56 bits per heavy atom. The number of carbonyl (C=O) groups is 3. The van der Waals surface area contributed by atoms with Crippen LogP contribution in [0, 0.1) is 18.8 Å². The largest absolute Gasteiger partial charge is 0.464 e. The predicted molar refractivity (Wildman–Crippen MR) is 87.1 cm³/mol. The van der Waals surface area contributed by atoms with Crippen LogP contribution in [0.1, 0.15) is 24.1 Å². The molecule has 2 aliphatic rings. The van der Waals surface area contributed by atoms with Crippen LogP contribution in [0.4, 0.5) is 0 Å². The molecule has 2 saturated heterocycles. The third-order valence-corrected chi connectivity index (χ3v) is 5.55. The molecule has 134 valence electrons. The van der Waals surface area contributed by atoms with Gasteiger partial charge in [-0.2, -0.15) is 0 Å². The van der Waals surface area contributed by atoms with Gasteiger partial charge in [-0.05, 0) is 19.4 Å². The fourth-order valence-electron chi connectivity index (χ4n) is 4.34. The Bertz CT molecular complexity index is 734. The molecule has 2 aliphatic heterocycles. The third kappa shape index (κ3) is 2.30. The van der Waals surface area contributed by atoms with Crippen molar-refractivity contribution < 1.29 is 29.5 Å². The standard InChI is InChI=1S/C18H22N2O5/c1-4-20-15(22)12-13(16(20)23)18(9-21,17(24)25-3)19-14(12)11-8-6-5-7-10(11)2/h5-8,12-14,19,21H,4,9H2,1-3H3/p+1/t12-,13+,14+,18-/m1/s1. The van der Waals surface area contributed by atoms with E-state index in [0.717, 1.165) is 11.1 Å². The van der Waals surface area contributed by atoms with Crippen LogP contribution in [0.3, 0.4) is 0 Å². The summed E-state index contributed by atoms with van der Waals surface area (Å²) in [6.45, 7) is 3.32. The summed E-state index contributed by atoms with van der Waals surface area (Å²) >= 11 is 0. The van der Waals surface area contributed by atoms with Gasteiger partial charge >= 0.3 is 5.97 Å². The van der Waals surface area contributed by atoms with Gasteiger partial charge in [-0.1, -0.05) is 24.3 Å². The number of hydrogen-bond acceptors (Lipinski definition) is 5. The van der Waals surface area contributed by atoms with E-state index >= 15 is 0 Å². The van der Waals surface area contributed by atoms with Crippen molar-refractivity contribution in [2.45, 2.75) is 25.4 Å². The summed E-state index contributed by atoms with van der Waals surface area (Å²) in [5, 5.41) is 11.7. The number of methoxy groups -OCH3 is 1. The van der Waals surface area contributed by atoms with Gasteiger partial charge in [-0.15, -0.1) is 0 Å². The molecule has 2 fully saturated rings. The second kappa shape index (κ2) is 6.24. The Balaban J connectivity index is 2.17. The van der Waals surface area contributed by atoms with Crippen LogP contribution in [0.25, 0.3) is 0 Å².